The second-order valence-corrected chi connectivity index (χ2v) is 5.49. The molecule has 15 heavy (non-hydrogen) atoms. The first-order chi connectivity index (χ1) is 6.88. The molecule has 1 unspecified atom stereocenters. The highest BCUT2D eigenvalue weighted by Crippen LogP contribution is 2.38. The van der Waals surface area contributed by atoms with E-state index in [0.29, 0.717) is 6.42 Å². The van der Waals surface area contributed by atoms with E-state index in [1.165, 1.54) is 0 Å². The molecule has 0 aromatic carbocycles. The highest BCUT2D eigenvalue weighted by molar-refractivity contribution is 5.70. The molecule has 4 heteroatoms. The lowest BCUT2D eigenvalue weighted by molar-refractivity contribution is 0.0170. The Morgan fingerprint density at radius 2 is 2.07 bits per heavy atom. The third-order valence-corrected chi connectivity index (χ3v) is 3.11. The van der Waals surface area contributed by atoms with Crippen molar-refractivity contribution in [1.29, 1.82) is 0 Å². The van der Waals surface area contributed by atoms with Crippen LogP contribution in [0.25, 0.3) is 0 Å². The lowest BCUT2D eigenvalue weighted by atomic mass is 9.98. The molecule has 0 radical (unpaired) electrons. The van der Waals surface area contributed by atoms with Gasteiger partial charge in [0.2, 0.25) is 0 Å². The number of carbonyl (C=O) groups is 1. The van der Waals surface area contributed by atoms with E-state index in [-0.39, 0.29) is 24.3 Å². The molecule has 2 fully saturated rings. The molecule has 2 heterocycles. The molecule has 2 aliphatic rings. The average molecular weight is 213 g/mol. The van der Waals surface area contributed by atoms with Crippen LogP contribution in [-0.4, -0.2) is 39.9 Å². The Morgan fingerprint density at radius 1 is 1.40 bits per heavy atom. The maximum atomic E-state index is 11.9. The molecule has 4 nitrogen and oxygen atoms in total. The molecular weight excluding hydrogens is 194 g/mol. The lowest BCUT2D eigenvalue weighted by Crippen LogP contribution is -2.41. The predicted octanol–water partition coefficient (Wildman–Crippen LogP) is 1.52. The van der Waals surface area contributed by atoms with Gasteiger partial charge in [-0.3, -0.25) is 4.90 Å². The molecule has 1 N–H and O–H groups in total. The number of hydrogen-bond donors (Lipinski definition) is 1. The van der Waals surface area contributed by atoms with Gasteiger partial charge in [-0.1, -0.05) is 0 Å². The number of hydrogen-bond acceptors (Lipinski definition) is 3. The number of aliphatic hydroxyl groups is 1. The molecule has 0 spiro atoms. The van der Waals surface area contributed by atoms with Gasteiger partial charge in [0.25, 0.3) is 0 Å². The van der Waals surface area contributed by atoms with Gasteiger partial charge in [0, 0.05) is 6.04 Å². The van der Waals surface area contributed by atoms with Crippen LogP contribution >= 0.6 is 0 Å². The second kappa shape index (κ2) is 3.37. The van der Waals surface area contributed by atoms with E-state index in [9.17, 15) is 9.90 Å². The standard InChI is InChI=1S/C11H19NO3/c1-11(2,3)15-10(14)12-7-4-5-8(12)9(13)6-7/h7-9,13H,4-6H2,1-3H3/t7-,8-,9?/m1/s1. The molecule has 0 aromatic rings. The Hall–Kier alpha value is -0.770. The molecule has 2 aliphatic heterocycles. The average Bonchev–Trinajstić information content (AvgIpc) is 2.55. The summed E-state index contributed by atoms with van der Waals surface area (Å²) in [5.41, 5.74) is -0.454. The van der Waals surface area contributed by atoms with Crippen LogP contribution in [-0.2, 0) is 4.74 Å². The van der Waals surface area contributed by atoms with Gasteiger partial charge in [-0.25, -0.2) is 4.79 Å². The van der Waals surface area contributed by atoms with Gasteiger partial charge in [0.15, 0.2) is 0 Å². The van der Waals surface area contributed by atoms with Crippen LogP contribution in [0.2, 0.25) is 0 Å². The van der Waals surface area contributed by atoms with Crippen LogP contribution in [0.4, 0.5) is 4.79 Å². The van der Waals surface area contributed by atoms with Crippen molar-refractivity contribution in [2.75, 3.05) is 0 Å². The minimum absolute atomic E-state index is 0.00940. The lowest BCUT2D eigenvalue weighted by Gasteiger charge is -2.27. The van der Waals surface area contributed by atoms with Gasteiger partial charge >= 0.3 is 6.09 Å². The quantitative estimate of drug-likeness (QED) is 0.663. The third kappa shape index (κ3) is 1.95. The summed E-state index contributed by atoms with van der Waals surface area (Å²) in [4.78, 5) is 13.6. The van der Waals surface area contributed by atoms with Crippen LogP contribution in [0.15, 0.2) is 0 Å². The van der Waals surface area contributed by atoms with Crippen molar-refractivity contribution in [2.45, 2.75) is 63.8 Å². The summed E-state index contributed by atoms with van der Waals surface area (Å²) >= 11 is 0. The maximum Gasteiger partial charge on any atom is 0.410 e. The van der Waals surface area contributed by atoms with E-state index in [1.807, 2.05) is 20.8 Å². The number of ether oxygens (including phenoxy) is 1. The van der Waals surface area contributed by atoms with E-state index in [2.05, 4.69) is 0 Å². The Balaban J connectivity index is 2.03. The normalized spacial score (nSPS) is 34.7. The van der Waals surface area contributed by atoms with Crippen molar-refractivity contribution in [3.63, 3.8) is 0 Å². The number of amides is 1. The SMILES string of the molecule is CC(C)(C)OC(=O)N1[C@@H]2CC[C@@H]1C(O)C2. The van der Waals surface area contributed by atoms with E-state index >= 15 is 0 Å². The first-order valence-electron chi connectivity index (χ1n) is 5.58. The minimum atomic E-state index is -0.454. The Bertz CT molecular complexity index is 271. The van der Waals surface area contributed by atoms with Crippen molar-refractivity contribution in [3.8, 4) is 0 Å². The number of carbonyl (C=O) groups excluding carboxylic acids is 1. The molecule has 3 atom stereocenters. The zero-order valence-corrected chi connectivity index (χ0v) is 9.56. The van der Waals surface area contributed by atoms with Crippen molar-refractivity contribution in [3.05, 3.63) is 0 Å². The number of nitrogens with zero attached hydrogens (tertiary/aromatic N) is 1. The summed E-state index contributed by atoms with van der Waals surface area (Å²) in [6.45, 7) is 5.58. The summed E-state index contributed by atoms with van der Waals surface area (Å²) < 4.78 is 5.33. The summed E-state index contributed by atoms with van der Waals surface area (Å²) in [5, 5.41) is 9.69. The molecular formula is C11H19NO3. The topological polar surface area (TPSA) is 49.8 Å². The van der Waals surface area contributed by atoms with E-state index in [4.69, 9.17) is 4.74 Å². The van der Waals surface area contributed by atoms with Gasteiger partial charge < -0.3 is 9.84 Å². The van der Waals surface area contributed by atoms with Crippen LogP contribution < -0.4 is 0 Å². The number of fused-ring (bicyclic) bond motifs is 2. The van der Waals surface area contributed by atoms with Crippen LogP contribution in [0.3, 0.4) is 0 Å². The van der Waals surface area contributed by atoms with E-state index < -0.39 is 5.60 Å². The van der Waals surface area contributed by atoms with E-state index in [0.717, 1.165) is 12.8 Å². The van der Waals surface area contributed by atoms with Gasteiger partial charge in [0.05, 0.1) is 12.1 Å². The molecule has 2 bridgehead atoms. The molecule has 1 amide bonds. The molecule has 2 saturated heterocycles. The Labute approximate surface area is 90.2 Å². The summed E-state index contributed by atoms with van der Waals surface area (Å²) in [6, 6.07) is 0.185. The van der Waals surface area contributed by atoms with Crippen molar-refractivity contribution >= 4 is 6.09 Å². The molecule has 2 rings (SSSR count). The zero-order valence-electron chi connectivity index (χ0n) is 9.56. The van der Waals surface area contributed by atoms with Gasteiger partial charge in [-0.05, 0) is 40.0 Å². The molecule has 0 aromatic heterocycles. The Morgan fingerprint density at radius 3 is 2.47 bits per heavy atom. The second-order valence-electron chi connectivity index (χ2n) is 5.49. The summed E-state index contributed by atoms with van der Waals surface area (Å²) in [5.74, 6) is 0. The van der Waals surface area contributed by atoms with Gasteiger partial charge in [0.1, 0.15) is 5.60 Å². The fraction of sp³-hybridized carbons (Fsp3) is 0.909. The van der Waals surface area contributed by atoms with Crippen LogP contribution in [0.5, 0.6) is 0 Å². The van der Waals surface area contributed by atoms with Crippen LogP contribution in [0, 0.1) is 0 Å². The maximum absolute atomic E-state index is 11.9. The highest BCUT2D eigenvalue weighted by Gasteiger charge is 2.49. The minimum Gasteiger partial charge on any atom is -0.444 e. The molecule has 0 aliphatic carbocycles. The van der Waals surface area contributed by atoms with Crippen molar-refractivity contribution in [2.24, 2.45) is 0 Å². The van der Waals surface area contributed by atoms with Gasteiger partial charge in [-0.2, -0.15) is 0 Å². The van der Waals surface area contributed by atoms with Crippen molar-refractivity contribution in [1.82, 2.24) is 4.90 Å². The largest absolute Gasteiger partial charge is 0.444 e. The van der Waals surface area contributed by atoms with E-state index in [1.54, 1.807) is 4.90 Å². The third-order valence-electron chi connectivity index (χ3n) is 3.11. The fourth-order valence-corrected chi connectivity index (χ4v) is 2.56. The highest BCUT2D eigenvalue weighted by atomic mass is 16.6. The smallest absolute Gasteiger partial charge is 0.410 e. The first kappa shape index (κ1) is 10.7. The first-order valence-corrected chi connectivity index (χ1v) is 5.58. The summed E-state index contributed by atoms with van der Waals surface area (Å²) in [6.07, 6.45) is 2.00. The molecule has 0 saturated carbocycles. The summed E-state index contributed by atoms with van der Waals surface area (Å²) in [7, 11) is 0. The van der Waals surface area contributed by atoms with Gasteiger partial charge in [-0.15, -0.1) is 0 Å². The number of rotatable bonds is 0. The number of aliphatic hydroxyl groups excluding tert-OH is 1. The fourth-order valence-electron chi connectivity index (χ4n) is 2.56. The van der Waals surface area contributed by atoms with Crippen molar-refractivity contribution < 1.29 is 14.6 Å². The Kier molecular flexibility index (Phi) is 2.41. The van der Waals surface area contributed by atoms with Crippen LogP contribution in [0.1, 0.15) is 40.0 Å². The zero-order chi connectivity index (χ0) is 11.2. The predicted molar refractivity (Wildman–Crippen MR) is 55.5 cm³/mol. The monoisotopic (exact) mass is 213 g/mol. The molecule has 86 valence electrons.